The van der Waals surface area contributed by atoms with Gasteiger partial charge in [0.15, 0.2) is 17.4 Å². The maximum atomic E-state index is 14.4. The molecule has 4 rings (SSSR count). The SMILES string of the molecule is CC1(C)CCN(c2ccc(N3C(=O)C(=O)c4cc(F)c(O)c(F)c43)cc2)CC1. The van der Waals surface area contributed by atoms with E-state index in [9.17, 15) is 23.5 Å². The lowest BCUT2D eigenvalue weighted by Crippen LogP contribution is -2.37. The molecule has 0 spiro atoms. The van der Waals surface area contributed by atoms with Crippen molar-refractivity contribution in [3.63, 3.8) is 0 Å². The minimum absolute atomic E-state index is 0.281. The summed E-state index contributed by atoms with van der Waals surface area (Å²) in [4.78, 5) is 27.7. The highest BCUT2D eigenvalue weighted by molar-refractivity contribution is 6.53. The molecule has 2 aliphatic heterocycles. The molecule has 28 heavy (non-hydrogen) atoms. The van der Waals surface area contributed by atoms with Gasteiger partial charge >= 0.3 is 5.91 Å². The molecule has 2 aliphatic rings. The molecule has 0 atom stereocenters. The second-order valence-electron chi connectivity index (χ2n) is 8.05. The number of hydrogen-bond donors (Lipinski definition) is 1. The lowest BCUT2D eigenvalue weighted by molar-refractivity contribution is -0.113. The molecule has 0 bridgehead atoms. The number of piperidine rings is 1. The number of halogens is 2. The van der Waals surface area contributed by atoms with Crippen LogP contribution < -0.4 is 9.80 Å². The molecule has 5 nitrogen and oxygen atoms in total. The number of aromatic hydroxyl groups is 1. The summed E-state index contributed by atoms with van der Waals surface area (Å²) >= 11 is 0. The summed E-state index contributed by atoms with van der Waals surface area (Å²) in [5.41, 5.74) is 0.765. The third kappa shape index (κ3) is 2.82. The molecule has 0 radical (unpaired) electrons. The van der Waals surface area contributed by atoms with Crippen LogP contribution in [0.2, 0.25) is 0 Å². The molecule has 146 valence electrons. The molecule has 0 aliphatic carbocycles. The van der Waals surface area contributed by atoms with Gasteiger partial charge in [0, 0.05) is 24.5 Å². The summed E-state index contributed by atoms with van der Waals surface area (Å²) in [5.74, 6) is -5.79. The Morgan fingerprint density at radius 1 is 1.00 bits per heavy atom. The fraction of sp³-hybridized carbons (Fsp3) is 0.333. The standard InChI is InChI=1S/C21H20F2N2O3/c1-21(2)7-9-24(10-8-21)12-3-5-13(6-4-12)25-17-14(18(26)20(25)28)11-15(22)19(27)16(17)23/h3-6,11,27H,7-10H2,1-2H3. The Morgan fingerprint density at radius 2 is 1.57 bits per heavy atom. The van der Waals surface area contributed by atoms with E-state index in [1.807, 2.05) is 12.1 Å². The van der Waals surface area contributed by atoms with E-state index in [0.717, 1.165) is 36.5 Å². The Balaban J connectivity index is 1.67. The molecule has 1 saturated heterocycles. The Hall–Kier alpha value is -2.96. The van der Waals surface area contributed by atoms with E-state index in [4.69, 9.17) is 0 Å². The highest BCUT2D eigenvalue weighted by Gasteiger charge is 2.41. The van der Waals surface area contributed by atoms with Crippen molar-refractivity contribution in [2.45, 2.75) is 26.7 Å². The van der Waals surface area contributed by atoms with E-state index >= 15 is 0 Å². The highest BCUT2D eigenvalue weighted by atomic mass is 19.1. The van der Waals surface area contributed by atoms with Gasteiger partial charge in [0.2, 0.25) is 0 Å². The molecule has 2 heterocycles. The van der Waals surface area contributed by atoms with Crippen LogP contribution in [0.4, 0.5) is 25.8 Å². The van der Waals surface area contributed by atoms with Crippen LogP contribution in [0.25, 0.3) is 0 Å². The second kappa shape index (κ2) is 6.29. The minimum atomic E-state index is -1.32. The van der Waals surface area contributed by atoms with Gasteiger partial charge in [0.25, 0.3) is 5.78 Å². The van der Waals surface area contributed by atoms with Crippen molar-refractivity contribution < 1.29 is 23.5 Å². The number of amides is 1. The van der Waals surface area contributed by atoms with E-state index in [-0.39, 0.29) is 11.3 Å². The third-order valence-electron chi connectivity index (χ3n) is 5.62. The number of carbonyl (C=O) groups is 2. The van der Waals surface area contributed by atoms with Gasteiger partial charge < -0.3 is 10.0 Å². The Bertz CT molecular complexity index is 976. The Kier molecular flexibility index (Phi) is 4.14. The van der Waals surface area contributed by atoms with E-state index in [1.54, 1.807) is 12.1 Å². The summed E-state index contributed by atoms with van der Waals surface area (Å²) < 4.78 is 28.0. The van der Waals surface area contributed by atoms with Crippen LogP contribution in [0.15, 0.2) is 30.3 Å². The van der Waals surface area contributed by atoms with Gasteiger partial charge in [-0.25, -0.2) is 8.78 Å². The molecule has 2 aromatic carbocycles. The molecule has 0 aromatic heterocycles. The first-order chi connectivity index (χ1) is 13.2. The summed E-state index contributed by atoms with van der Waals surface area (Å²) in [6, 6.07) is 7.55. The Labute approximate surface area is 161 Å². The number of ketones is 1. The first-order valence-electron chi connectivity index (χ1n) is 9.14. The van der Waals surface area contributed by atoms with Crippen molar-refractivity contribution >= 4 is 28.8 Å². The number of carbonyl (C=O) groups excluding carboxylic acids is 2. The van der Waals surface area contributed by atoms with Gasteiger partial charge in [-0.05, 0) is 48.6 Å². The number of Topliss-reactive ketones (excluding diaryl/α,β-unsaturated/α-hetero) is 1. The van der Waals surface area contributed by atoms with Crippen molar-refractivity contribution in [1.29, 1.82) is 0 Å². The van der Waals surface area contributed by atoms with Crippen molar-refractivity contribution in [2.75, 3.05) is 22.9 Å². The summed E-state index contributed by atoms with van der Waals surface area (Å²) in [6.07, 6.45) is 2.13. The van der Waals surface area contributed by atoms with E-state index in [0.29, 0.717) is 11.5 Å². The van der Waals surface area contributed by atoms with Crippen LogP contribution in [0.3, 0.4) is 0 Å². The number of fused-ring (bicyclic) bond motifs is 1. The molecule has 0 unspecified atom stereocenters. The molecule has 1 fully saturated rings. The normalized spacial score (nSPS) is 18.6. The predicted octanol–water partition coefficient (Wildman–Crippen LogP) is 4.16. The summed E-state index contributed by atoms with van der Waals surface area (Å²) in [5, 5.41) is 9.56. The van der Waals surface area contributed by atoms with Crippen LogP contribution in [-0.2, 0) is 4.79 Å². The minimum Gasteiger partial charge on any atom is -0.503 e. The molecular weight excluding hydrogens is 366 g/mol. The topological polar surface area (TPSA) is 60.9 Å². The smallest absolute Gasteiger partial charge is 0.304 e. The second-order valence-corrected chi connectivity index (χ2v) is 8.05. The number of hydrogen-bond acceptors (Lipinski definition) is 4. The molecule has 0 saturated carbocycles. The lowest BCUT2D eigenvalue weighted by atomic mass is 9.82. The van der Waals surface area contributed by atoms with Crippen LogP contribution in [0.1, 0.15) is 37.0 Å². The quantitative estimate of drug-likeness (QED) is 0.788. The number of phenolic OH excluding ortho intramolecular Hbond substituents is 1. The molecule has 2 aromatic rings. The van der Waals surface area contributed by atoms with Crippen molar-refractivity contribution in [2.24, 2.45) is 5.41 Å². The lowest BCUT2D eigenvalue weighted by Gasteiger charge is -2.38. The van der Waals surface area contributed by atoms with Gasteiger partial charge in [0.1, 0.15) is 5.69 Å². The number of anilines is 3. The van der Waals surface area contributed by atoms with Crippen LogP contribution in [0.5, 0.6) is 5.75 Å². The third-order valence-corrected chi connectivity index (χ3v) is 5.62. The van der Waals surface area contributed by atoms with Crippen LogP contribution >= 0.6 is 0 Å². The first kappa shape index (κ1) is 18.4. The van der Waals surface area contributed by atoms with E-state index in [2.05, 4.69) is 18.7 Å². The zero-order chi connectivity index (χ0) is 20.2. The van der Waals surface area contributed by atoms with Gasteiger partial charge in [0.05, 0.1) is 5.56 Å². The van der Waals surface area contributed by atoms with Gasteiger partial charge in [-0.2, -0.15) is 0 Å². The fourth-order valence-corrected chi connectivity index (χ4v) is 3.74. The maximum Gasteiger partial charge on any atom is 0.304 e. The summed E-state index contributed by atoms with van der Waals surface area (Å²) in [7, 11) is 0. The molecule has 7 heteroatoms. The first-order valence-corrected chi connectivity index (χ1v) is 9.14. The molecular formula is C21H20F2N2O3. The fourth-order valence-electron chi connectivity index (χ4n) is 3.74. The zero-order valence-electron chi connectivity index (χ0n) is 15.6. The number of phenols is 1. The van der Waals surface area contributed by atoms with Crippen molar-refractivity contribution in [3.8, 4) is 5.75 Å². The van der Waals surface area contributed by atoms with E-state index in [1.165, 1.54) is 0 Å². The average Bonchev–Trinajstić information content (AvgIpc) is 2.91. The average molecular weight is 386 g/mol. The van der Waals surface area contributed by atoms with Crippen LogP contribution in [0, 0.1) is 17.0 Å². The number of nitrogens with zero attached hydrogens (tertiary/aromatic N) is 2. The van der Waals surface area contributed by atoms with E-state index < -0.39 is 34.8 Å². The molecule has 1 amide bonds. The highest BCUT2D eigenvalue weighted by Crippen LogP contribution is 2.42. The van der Waals surface area contributed by atoms with Gasteiger partial charge in [-0.15, -0.1) is 0 Å². The zero-order valence-corrected chi connectivity index (χ0v) is 15.6. The predicted molar refractivity (Wildman–Crippen MR) is 101 cm³/mol. The largest absolute Gasteiger partial charge is 0.503 e. The van der Waals surface area contributed by atoms with Crippen LogP contribution in [-0.4, -0.2) is 29.9 Å². The molecule has 1 N–H and O–H groups in total. The number of rotatable bonds is 2. The van der Waals surface area contributed by atoms with Gasteiger partial charge in [-0.1, -0.05) is 13.8 Å². The van der Waals surface area contributed by atoms with Crippen molar-refractivity contribution in [1.82, 2.24) is 0 Å². The van der Waals surface area contributed by atoms with Gasteiger partial charge in [-0.3, -0.25) is 14.5 Å². The van der Waals surface area contributed by atoms with Crippen molar-refractivity contribution in [3.05, 3.63) is 47.5 Å². The monoisotopic (exact) mass is 386 g/mol. The Morgan fingerprint density at radius 3 is 2.18 bits per heavy atom. The summed E-state index contributed by atoms with van der Waals surface area (Å²) in [6.45, 7) is 6.32. The number of benzene rings is 2. The maximum absolute atomic E-state index is 14.4.